The summed E-state index contributed by atoms with van der Waals surface area (Å²) in [6, 6.07) is 13.1. The molecule has 0 atom stereocenters. The number of rotatable bonds is 3. The Morgan fingerprint density at radius 2 is 1.84 bits per heavy atom. The molecule has 3 heterocycles. The second kappa shape index (κ2) is 6.61. The maximum Gasteiger partial charge on any atom is 0.266 e. The fourth-order valence-corrected chi connectivity index (χ4v) is 3.95. The molecule has 0 bridgehead atoms. The van der Waals surface area contributed by atoms with E-state index < -0.39 is 0 Å². The third-order valence-corrected chi connectivity index (χ3v) is 5.35. The molecule has 1 aliphatic rings. The fraction of sp³-hybridized carbons (Fsp3) is 0.150. The lowest BCUT2D eigenvalue weighted by Gasteiger charge is -2.26. The normalized spacial score (nSPS) is 14.4. The first-order valence-corrected chi connectivity index (χ1v) is 9.09. The maximum absolute atomic E-state index is 12.9. The van der Waals surface area contributed by atoms with Crippen molar-refractivity contribution >= 4 is 22.8 Å². The predicted octanol–water partition coefficient (Wildman–Crippen LogP) is 4.17. The molecule has 4 nitrogen and oxygen atoms in total. The van der Waals surface area contributed by atoms with Gasteiger partial charge in [0.2, 0.25) is 0 Å². The van der Waals surface area contributed by atoms with Gasteiger partial charge < -0.3 is 14.6 Å². The van der Waals surface area contributed by atoms with Crippen LogP contribution in [-0.2, 0) is 0 Å². The van der Waals surface area contributed by atoms with Crippen LogP contribution in [-0.4, -0.2) is 33.6 Å². The molecule has 1 aliphatic heterocycles. The Bertz CT molecular complexity index is 908. The van der Waals surface area contributed by atoms with E-state index in [0.29, 0.717) is 13.1 Å². The highest BCUT2D eigenvalue weighted by Crippen LogP contribution is 2.27. The molecule has 0 saturated carbocycles. The topological polar surface area (TPSA) is 45.5 Å². The van der Waals surface area contributed by atoms with Crippen LogP contribution in [0.5, 0.6) is 5.75 Å². The van der Waals surface area contributed by atoms with Gasteiger partial charge in [-0.05, 0) is 53.3 Å². The largest absolute Gasteiger partial charge is 0.508 e. The van der Waals surface area contributed by atoms with Gasteiger partial charge in [-0.1, -0.05) is 18.2 Å². The first-order chi connectivity index (χ1) is 12.2. The summed E-state index contributed by atoms with van der Waals surface area (Å²) in [5.74, 6) is 0.354. The molecule has 0 unspecified atom stereocenters. The molecule has 126 valence electrons. The number of thiophene rings is 1. The highest BCUT2D eigenvalue weighted by atomic mass is 32.1. The van der Waals surface area contributed by atoms with Crippen LogP contribution in [0, 0.1) is 0 Å². The smallest absolute Gasteiger partial charge is 0.266 e. The molecule has 0 spiro atoms. The SMILES string of the molecule is O=C(c1sccc1-n1cccc1)N1CC=C(c2ccc(O)cc2)CC1. The van der Waals surface area contributed by atoms with E-state index in [0.717, 1.165) is 22.5 Å². The monoisotopic (exact) mass is 350 g/mol. The van der Waals surface area contributed by atoms with Crippen LogP contribution in [0.25, 0.3) is 11.3 Å². The number of phenolic OH excluding ortho intramolecular Hbond substituents is 1. The average Bonchev–Trinajstić information content (AvgIpc) is 3.33. The second-order valence-corrected chi connectivity index (χ2v) is 6.92. The zero-order valence-electron chi connectivity index (χ0n) is 13.6. The minimum absolute atomic E-state index is 0.0831. The van der Waals surface area contributed by atoms with Gasteiger partial charge in [-0.15, -0.1) is 11.3 Å². The summed E-state index contributed by atoms with van der Waals surface area (Å²) in [7, 11) is 0. The standard InChI is InChI=1S/C20H18N2O2S/c23-17-5-3-15(4-6-17)16-7-12-22(13-8-16)20(24)19-18(9-14-25-19)21-10-1-2-11-21/h1-7,9-11,14,23H,8,12-13H2. The molecule has 1 aromatic carbocycles. The van der Waals surface area contributed by atoms with E-state index in [-0.39, 0.29) is 11.7 Å². The summed E-state index contributed by atoms with van der Waals surface area (Å²) < 4.78 is 1.98. The number of carbonyl (C=O) groups excluding carboxylic acids is 1. The molecule has 0 aliphatic carbocycles. The van der Waals surface area contributed by atoms with E-state index in [1.165, 1.54) is 16.9 Å². The summed E-state index contributed by atoms with van der Waals surface area (Å²) in [4.78, 5) is 15.6. The Hall–Kier alpha value is -2.79. The Balaban J connectivity index is 1.52. The van der Waals surface area contributed by atoms with E-state index in [9.17, 15) is 9.90 Å². The third kappa shape index (κ3) is 3.10. The second-order valence-electron chi connectivity index (χ2n) is 6.00. The number of amides is 1. The number of phenols is 1. The quantitative estimate of drug-likeness (QED) is 0.770. The molecule has 1 amide bonds. The average molecular weight is 350 g/mol. The van der Waals surface area contributed by atoms with Gasteiger partial charge in [-0.2, -0.15) is 0 Å². The number of hydrogen-bond donors (Lipinski definition) is 1. The summed E-state index contributed by atoms with van der Waals surface area (Å²) in [5, 5.41) is 11.4. The van der Waals surface area contributed by atoms with Crippen LogP contribution in [0.15, 0.2) is 66.3 Å². The highest BCUT2D eigenvalue weighted by Gasteiger charge is 2.23. The third-order valence-electron chi connectivity index (χ3n) is 4.46. The zero-order chi connectivity index (χ0) is 17.2. The lowest BCUT2D eigenvalue weighted by Crippen LogP contribution is -2.34. The van der Waals surface area contributed by atoms with Gasteiger partial charge in [0.05, 0.1) is 5.69 Å². The Kier molecular flexibility index (Phi) is 4.15. The van der Waals surface area contributed by atoms with Crippen LogP contribution in [0.1, 0.15) is 21.7 Å². The highest BCUT2D eigenvalue weighted by molar-refractivity contribution is 7.12. The van der Waals surface area contributed by atoms with Crippen LogP contribution in [0.3, 0.4) is 0 Å². The van der Waals surface area contributed by atoms with Crippen LogP contribution in [0.2, 0.25) is 0 Å². The van der Waals surface area contributed by atoms with Gasteiger partial charge in [0, 0.05) is 25.5 Å². The van der Waals surface area contributed by atoms with Crippen LogP contribution >= 0.6 is 11.3 Å². The van der Waals surface area contributed by atoms with Crippen LogP contribution < -0.4 is 0 Å². The molecule has 5 heteroatoms. The van der Waals surface area contributed by atoms with Crippen molar-refractivity contribution in [3.05, 3.63) is 76.8 Å². The first-order valence-electron chi connectivity index (χ1n) is 8.21. The lowest BCUT2D eigenvalue weighted by molar-refractivity contribution is 0.0777. The van der Waals surface area contributed by atoms with E-state index >= 15 is 0 Å². The minimum atomic E-state index is 0.0831. The molecule has 1 N–H and O–H groups in total. The molecule has 25 heavy (non-hydrogen) atoms. The molecule has 0 saturated heterocycles. The van der Waals surface area contributed by atoms with E-state index in [2.05, 4.69) is 6.08 Å². The van der Waals surface area contributed by atoms with Crippen molar-refractivity contribution in [1.82, 2.24) is 9.47 Å². The summed E-state index contributed by atoms with van der Waals surface area (Å²) in [6.07, 6.45) is 6.84. The number of nitrogens with zero attached hydrogens (tertiary/aromatic N) is 2. The zero-order valence-corrected chi connectivity index (χ0v) is 14.4. The molecule has 3 aromatic rings. The van der Waals surface area contributed by atoms with Gasteiger partial charge in [0.1, 0.15) is 10.6 Å². The van der Waals surface area contributed by atoms with Crippen molar-refractivity contribution < 1.29 is 9.90 Å². The number of carbonyl (C=O) groups is 1. The van der Waals surface area contributed by atoms with Crippen molar-refractivity contribution in [1.29, 1.82) is 0 Å². The lowest BCUT2D eigenvalue weighted by atomic mass is 9.99. The summed E-state index contributed by atoms with van der Waals surface area (Å²) in [5.41, 5.74) is 3.27. The van der Waals surface area contributed by atoms with Crippen molar-refractivity contribution in [3.63, 3.8) is 0 Å². The Labute approximate surface area is 150 Å². The van der Waals surface area contributed by atoms with Crippen molar-refractivity contribution in [2.24, 2.45) is 0 Å². The van der Waals surface area contributed by atoms with Crippen LogP contribution in [0.4, 0.5) is 0 Å². The number of aromatic hydroxyl groups is 1. The van der Waals surface area contributed by atoms with Crippen molar-refractivity contribution in [3.8, 4) is 11.4 Å². The van der Waals surface area contributed by atoms with E-state index in [1.807, 2.05) is 57.6 Å². The Morgan fingerprint density at radius 1 is 1.08 bits per heavy atom. The van der Waals surface area contributed by atoms with Gasteiger partial charge in [0.15, 0.2) is 0 Å². The van der Waals surface area contributed by atoms with Gasteiger partial charge in [-0.3, -0.25) is 4.79 Å². The van der Waals surface area contributed by atoms with E-state index in [1.54, 1.807) is 12.1 Å². The molecular formula is C20H18N2O2S. The first kappa shape index (κ1) is 15.7. The Morgan fingerprint density at radius 3 is 2.52 bits per heavy atom. The molecular weight excluding hydrogens is 332 g/mol. The van der Waals surface area contributed by atoms with Gasteiger partial charge in [0.25, 0.3) is 5.91 Å². The van der Waals surface area contributed by atoms with Crippen molar-refractivity contribution in [2.75, 3.05) is 13.1 Å². The maximum atomic E-state index is 12.9. The number of aromatic nitrogens is 1. The minimum Gasteiger partial charge on any atom is -0.508 e. The number of benzene rings is 1. The molecule has 4 rings (SSSR count). The predicted molar refractivity (Wildman–Crippen MR) is 100 cm³/mol. The van der Waals surface area contributed by atoms with Gasteiger partial charge in [-0.25, -0.2) is 0 Å². The fourth-order valence-electron chi connectivity index (χ4n) is 3.10. The number of hydrogen-bond acceptors (Lipinski definition) is 3. The molecule has 2 aromatic heterocycles. The molecule has 0 fully saturated rings. The molecule has 0 radical (unpaired) electrons. The van der Waals surface area contributed by atoms with Crippen molar-refractivity contribution in [2.45, 2.75) is 6.42 Å². The summed E-state index contributed by atoms with van der Waals surface area (Å²) >= 11 is 1.49. The van der Waals surface area contributed by atoms with E-state index in [4.69, 9.17) is 0 Å². The summed E-state index contributed by atoms with van der Waals surface area (Å²) in [6.45, 7) is 1.31. The van der Waals surface area contributed by atoms with Gasteiger partial charge >= 0.3 is 0 Å².